The molecule has 0 aliphatic carbocycles. The van der Waals surface area contributed by atoms with Gasteiger partial charge in [-0.05, 0) is 29.8 Å². The number of nitrogens with one attached hydrogen (secondary N) is 1. The lowest BCUT2D eigenvalue weighted by Crippen LogP contribution is -2.26. The molecule has 2 aromatic heterocycles. The van der Waals surface area contributed by atoms with Crippen molar-refractivity contribution in [1.82, 2.24) is 20.0 Å². The molecule has 0 saturated carbocycles. The van der Waals surface area contributed by atoms with E-state index >= 15 is 0 Å². The van der Waals surface area contributed by atoms with Crippen LogP contribution in [-0.4, -0.2) is 26.7 Å². The van der Waals surface area contributed by atoms with E-state index in [1.165, 1.54) is 18.3 Å². The summed E-state index contributed by atoms with van der Waals surface area (Å²) in [6.45, 7) is -0.553. The van der Waals surface area contributed by atoms with Crippen molar-refractivity contribution in [2.45, 2.75) is 12.7 Å². The monoisotopic (exact) mass is 347 g/mol. The first kappa shape index (κ1) is 16.6. The Kier molecular flexibility index (Phi) is 4.46. The molecule has 1 amide bonds. The van der Waals surface area contributed by atoms with E-state index in [1.54, 1.807) is 36.7 Å². The largest absolute Gasteiger partial charge is 0.449 e. The molecule has 25 heavy (non-hydrogen) atoms. The molecule has 6 nitrogen and oxygen atoms in total. The third-order valence-corrected chi connectivity index (χ3v) is 3.32. The van der Waals surface area contributed by atoms with E-state index in [0.29, 0.717) is 5.56 Å². The molecule has 0 atom stereocenters. The summed E-state index contributed by atoms with van der Waals surface area (Å²) < 4.78 is 40.3. The highest BCUT2D eigenvalue weighted by Crippen LogP contribution is 2.31. The van der Waals surface area contributed by atoms with Crippen molar-refractivity contribution in [3.63, 3.8) is 0 Å². The number of amides is 1. The highest BCUT2D eigenvalue weighted by Gasteiger charge is 2.37. The van der Waals surface area contributed by atoms with Crippen molar-refractivity contribution in [2.24, 2.45) is 5.10 Å². The van der Waals surface area contributed by atoms with Gasteiger partial charge >= 0.3 is 6.18 Å². The first-order valence-electron chi connectivity index (χ1n) is 7.19. The number of benzene rings is 1. The minimum Gasteiger partial charge on any atom is -0.311 e. The van der Waals surface area contributed by atoms with Crippen molar-refractivity contribution >= 4 is 23.2 Å². The zero-order valence-corrected chi connectivity index (χ0v) is 12.7. The van der Waals surface area contributed by atoms with Crippen LogP contribution in [0.3, 0.4) is 0 Å². The third kappa shape index (κ3) is 3.82. The highest BCUT2D eigenvalue weighted by atomic mass is 19.4. The normalized spacial score (nSPS) is 12.0. The van der Waals surface area contributed by atoms with Gasteiger partial charge in [0.1, 0.15) is 6.54 Å². The Hall–Kier alpha value is -3.23. The van der Waals surface area contributed by atoms with Gasteiger partial charge in [0.15, 0.2) is 0 Å². The van der Waals surface area contributed by atoms with Crippen LogP contribution in [0.2, 0.25) is 0 Å². The summed E-state index contributed by atoms with van der Waals surface area (Å²) in [7, 11) is 0. The molecule has 3 aromatic rings. The Morgan fingerprint density at radius 2 is 1.92 bits per heavy atom. The molecule has 0 unspecified atom stereocenters. The number of rotatable bonds is 4. The number of hydrogen-bond acceptors (Lipinski definition) is 4. The average Bonchev–Trinajstić information content (AvgIpc) is 2.95. The molecule has 3 rings (SSSR count). The lowest BCUT2D eigenvalue weighted by atomic mass is 10.3. The van der Waals surface area contributed by atoms with Crippen LogP contribution in [0, 0.1) is 0 Å². The number of carbonyl (C=O) groups is 1. The van der Waals surface area contributed by atoms with Gasteiger partial charge in [0, 0.05) is 12.4 Å². The van der Waals surface area contributed by atoms with Crippen LogP contribution in [0.4, 0.5) is 13.2 Å². The summed E-state index contributed by atoms with van der Waals surface area (Å²) in [6.07, 6.45) is -0.192. The number of hydrogen-bond donors (Lipinski definition) is 1. The predicted octanol–water partition coefficient (Wildman–Crippen LogP) is 2.60. The lowest BCUT2D eigenvalue weighted by Gasteiger charge is -2.10. The molecule has 0 aliphatic rings. The number of aromatic nitrogens is 3. The Bertz CT molecular complexity index is 918. The van der Waals surface area contributed by atoms with Gasteiger partial charge in [-0.1, -0.05) is 12.1 Å². The molecule has 0 fully saturated rings. The number of halogens is 3. The minimum absolute atomic E-state index is 0.169. The number of imidazole rings is 1. The fourth-order valence-corrected chi connectivity index (χ4v) is 2.26. The molecule has 0 bridgehead atoms. The summed E-state index contributed by atoms with van der Waals surface area (Å²) in [5.41, 5.74) is 3.30. The van der Waals surface area contributed by atoms with Crippen molar-refractivity contribution in [3.05, 3.63) is 60.2 Å². The number of pyridine rings is 1. The number of hydrazone groups is 1. The molecule has 0 radical (unpaired) electrons. The van der Waals surface area contributed by atoms with Crippen molar-refractivity contribution < 1.29 is 18.0 Å². The summed E-state index contributed by atoms with van der Waals surface area (Å²) in [5, 5.41) is 3.73. The quantitative estimate of drug-likeness (QED) is 0.582. The predicted molar refractivity (Wildman–Crippen MR) is 84.7 cm³/mol. The van der Waals surface area contributed by atoms with E-state index in [1.807, 2.05) is 0 Å². The highest BCUT2D eigenvalue weighted by molar-refractivity contribution is 5.83. The van der Waals surface area contributed by atoms with Crippen LogP contribution >= 0.6 is 0 Å². The second-order valence-electron chi connectivity index (χ2n) is 5.08. The maximum Gasteiger partial charge on any atom is 0.449 e. The molecule has 9 heteroatoms. The number of nitrogens with zero attached hydrogens (tertiary/aromatic N) is 4. The summed E-state index contributed by atoms with van der Waals surface area (Å²) in [5.74, 6) is -1.82. The third-order valence-electron chi connectivity index (χ3n) is 3.32. The van der Waals surface area contributed by atoms with Gasteiger partial charge in [0.25, 0.3) is 5.91 Å². The fourth-order valence-electron chi connectivity index (χ4n) is 2.26. The summed E-state index contributed by atoms with van der Waals surface area (Å²) in [4.78, 5) is 19.4. The number of para-hydroxylation sites is 2. The van der Waals surface area contributed by atoms with Gasteiger partial charge < -0.3 is 4.57 Å². The minimum atomic E-state index is -4.67. The van der Waals surface area contributed by atoms with Crippen LogP contribution < -0.4 is 5.43 Å². The van der Waals surface area contributed by atoms with Crippen LogP contribution in [0.25, 0.3) is 11.0 Å². The fraction of sp³-hybridized carbons (Fsp3) is 0.125. The van der Waals surface area contributed by atoms with E-state index in [0.717, 1.165) is 4.57 Å². The maximum absolute atomic E-state index is 13.2. The van der Waals surface area contributed by atoms with Gasteiger partial charge in [0.2, 0.25) is 5.82 Å². The Labute approximate surface area is 140 Å². The van der Waals surface area contributed by atoms with Crippen LogP contribution in [0.15, 0.2) is 53.9 Å². The van der Waals surface area contributed by atoms with Gasteiger partial charge in [-0.15, -0.1) is 0 Å². The summed E-state index contributed by atoms with van der Waals surface area (Å²) >= 11 is 0. The molecule has 0 saturated heterocycles. The second kappa shape index (κ2) is 6.71. The van der Waals surface area contributed by atoms with E-state index in [-0.39, 0.29) is 11.0 Å². The molecule has 0 spiro atoms. The Balaban J connectivity index is 1.80. The van der Waals surface area contributed by atoms with Crippen LogP contribution in [0.1, 0.15) is 11.4 Å². The van der Waals surface area contributed by atoms with Gasteiger partial charge in [-0.3, -0.25) is 9.78 Å². The number of carbonyl (C=O) groups excluding carboxylic acids is 1. The standard InChI is InChI=1S/C16H12F3N5O/c17-16(18,19)15-22-12-3-1-2-4-13(12)24(15)10-14(25)23-21-9-11-5-7-20-8-6-11/h1-9H,10H2,(H,23,25). The van der Waals surface area contributed by atoms with Crippen molar-refractivity contribution in [2.75, 3.05) is 0 Å². The topological polar surface area (TPSA) is 72.2 Å². The molecule has 2 heterocycles. The first-order valence-corrected chi connectivity index (χ1v) is 7.19. The molecular formula is C16H12F3N5O. The van der Waals surface area contributed by atoms with E-state index < -0.39 is 24.5 Å². The number of fused-ring (bicyclic) bond motifs is 1. The van der Waals surface area contributed by atoms with Crippen molar-refractivity contribution in [3.8, 4) is 0 Å². The lowest BCUT2D eigenvalue weighted by molar-refractivity contribution is -0.147. The SMILES string of the molecule is O=C(Cn1c(C(F)(F)F)nc2ccccc21)NN=Cc1ccncc1. The second-order valence-corrected chi connectivity index (χ2v) is 5.08. The maximum atomic E-state index is 13.2. The summed E-state index contributed by atoms with van der Waals surface area (Å²) in [6, 6.07) is 9.44. The Morgan fingerprint density at radius 1 is 1.20 bits per heavy atom. The number of alkyl halides is 3. The molecular weight excluding hydrogens is 335 g/mol. The van der Waals surface area contributed by atoms with Crippen LogP contribution in [-0.2, 0) is 17.5 Å². The van der Waals surface area contributed by atoms with Crippen LogP contribution in [0.5, 0.6) is 0 Å². The van der Waals surface area contributed by atoms with E-state index in [2.05, 4.69) is 20.5 Å². The Morgan fingerprint density at radius 3 is 2.64 bits per heavy atom. The smallest absolute Gasteiger partial charge is 0.311 e. The molecule has 128 valence electrons. The van der Waals surface area contributed by atoms with E-state index in [9.17, 15) is 18.0 Å². The average molecular weight is 347 g/mol. The molecule has 1 aromatic carbocycles. The van der Waals surface area contributed by atoms with Crippen molar-refractivity contribution in [1.29, 1.82) is 0 Å². The zero-order valence-electron chi connectivity index (χ0n) is 12.7. The van der Waals surface area contributed by atoms with E-state index in [4.69, 9.17) is 0 Å². The van der Waals surface area contributed by atoms with Gasteiger partial charge in [-0.2, -0.15) is 18.3 Å². The van der Waals surface area contributed by atoms with Gasteiger partial charge in [0.05, 0.1) is 17.2 Å². The molecule has 0 aliphatic heterocycles. The first-order chi connectivity index (χ1) is 11.9. The zero-order chi connectivity index (χ0) is 17.9. The molecule has 1 N–H and O–H groups in total. The van der Waals surface area contributed by atoms with Gasteiger partial charge in [-0.25, -0.2) is 10.4 Å².